The zero-order chi connectivity index (χ0) is 14.5. The summed E-state index contributed by atoms with van der Waals surface area (Å²) in [5.41, 5.74) is 1.63. The van der Waals surface area contributed by atoms with Crippen molar-refractivity contribution in [2.45, 2.75) is 18.7 Å². The second-order valence-corrected chi connectivity index (χ2v) is 5.29. The van der Waals surface area contributed by atoms with E-state index in [2.05, 4.69) is 5.10 Å². The molecule has 0 amide bonds. The number of hydrogen-bond acceptors (Lipinski definition) is 6. The minimum Gasteiger partial charge on any atom is -0.293 e. The number of rotatable bonds is 6. The van der Waals surface area contributed by atoms with Crippen molar-refractivity contribution in [1.29, 1.82) is 0 Å². The van der Waals surface area contributed by atoms with Gasteiger partial charge in [0.05, 0.1) is 4.90 Å². The SMILES string of the molecule is CC(=O)C(=NNNS(=O)(=O)c1ccccc1)C(C)=O. The minimum absolute atomic E-state index is 0.0323. The Morgan fingerprint density at radius 1 is 1.05 bits per heavy atom. The zero-order valence-corrected chi connectivity index (χ0v) is 11.2. The van der Waals surface area contributed by atoms with Gasteiger partial charge >= 0.3 is 0 Å². The number of carbonyl (C=O) groups is 2. The number of hydrogen-bond donors (Lipinski definition) is 2. The van der Waals surface area contributed by atoms with Crippen LogP contribution in [0.4, 0.5) is 0 Å². The molecule has 0 spiro atoms. The van der Waals surface area contributed by atoms with E-state index < -0.39 is 21.6 Å². The van der Waals surface area contributed by atoms with Crippen molar-refractivity contribution < 1.29 is 18.0 Å². The summed E-state index contributed by atoms with van der Waals surface area (Å²) in [6.07, 6.45) is 0. The Labute approximate surface area is 110 Å². The largest absolute Gasteiger partial charge is 0.293 e. The molecule has 7 nitrogen and oxygen atoms in total. The normalized spacial score (nSPS) is 10.6. The summed E-state index contributed by atoms with van der Waals surface area (Å²) >= 11 is 0. The van der Waals surface area contributed by atoms with E-state index in [9.17, 15) is 18.0 Å². The van der Waals surface area contributed by atoms with Gasteiger partial charge in [-0.05, 0) is 12.1 Å². The molecule has 0 aliphatic rings. The molecule has 1 aromatic rings. The molecule has 8 heteroatoms. The summed E-state index contributed by atoms with van der Waals surface area (Å²) in [5, 5.41) is 3.41. The first-order valence-electron chi connectivity index (χ1n) is 5.26. The number of nitrogens with zero attached hydrogens (tertiary/aromatic N) is 1. The second kappa shape index (κ2) is 6.21. The molecule has 0 saturated heterocycles. The van der Waals surface area contributed by atoms with Crippen LogP contribution in [0.3, 0.4) is 0 Å². The first-order chi connectivity index (χ1) is 8.84. The van der Waals surface area contributed by atoms with E-state index >= 15 is 0 Å². The van der Waals surface area contributed by atoms with E-state index in [0.717, 1.165) is 13.8 Å². The molecule has 19 heavy (non-hydrogen) atoms. The average molecular weight is 283 g/mol. The van der Waals surface area contributed by atoms with E-state index in [-0.39, 0.29) is 10.6 Å². The Morgan fingerprint density at radius 2 is 1.58 bits per heavy atom. The summed E-state index contributed by atoms with van der Waals surface area (Å²) < 4.78 is 23.5. The van der Waals surface area contributed by atoms with Gasteiger partial charge in [0.15, 0.2) is 17.3 Å². The summed E-state index contributed by atoms with van der Waals surface area (Å²) in [7, 11) is -3.80. The number of hydrazone groups is 1. The van der Waals surface area contributed by atoms with E-state index in [0.29, 0.717) is 0 Å². The molecule has 0 aromatic heterocycles. The van der Waals surface area contributed by atoms with Crippen molar-refractivity contribution in [2.75, 3.05) is 0 Å². The van der Waals surface area contributed by atoms with Crippen molar-refractivity contribution >= 4 is 27.3 Å². The number of nitrogens with one attached hydrogen (secondary N) is 2. The number of Topliss-reactive ketones (excluding diaryl/α,β-unsaturated/α-hetero) is 2. The van der Waals surface area contributed by atoms with Gasteiger partial charge in [-0.1, -0.05) is 18.2 Å². The van der Waals surface area contributed by atoms with E-state index in [1.807, 2.05) is 10.4 Å². The van der Waals surface area contributed by atoms with E-state index in [1.165, 1.54) is 12.1 Å². The Hall–Kier alpha value is -2.06. The topological polar surface area (TPSA) is 105 Å². The van der Waals surface area contributed by atoms with Crippen LogP contribution in [-0.2, 0) is 19.6 Å². The lowest BCUT2D eigenvalue weighted by Gasteiger charge is -2.06. The van der Waals surface area contributed by atoms with Gasteiger partial charge in [-0.15, -0.1) is 4.83 Å². The molecule has 0 unspecified atom stereocenters. The van der Waals surface area contributed by atoms with E-state index in [1.54, 1.807) is 18.2 Å². The summed E-state index contributed by atoms with van der Waals surface area (Å²) in [6, 6.07) is 7.59. The van der Waals surface area contributed by atoms with Gasteiger partial charge in [-0.2, -0.15) is 5.10 Å². The van der Waals surface area contributed by atoms with Gasteiger partial charge in [-0.25, -0.2) is 14.0 Å². The van der Waals surface area contributed by atoms with Gasteiger partial charge in [0.25, 0.3) is 10.0 Å². The maximum Gasteiger partial charge on any atom is 0.258 e. The second-order valence-electron chi connectivity index (χ2n) is 3.60. The maximum absolute atomic E-state index is 11.7. The highest BCUT2D eigenvalue weighted by Gasteiger charge is 2.14. The molecular weight excluding hydrogens is 270 g/mol. The van der Waals surface area contributed by atoms with Crippen molar-refractivity contribution in [3.05, 3.63) is 30.3 Å². The summed E-state index contributed by atoms with van der Waals surface area (Å²) in [5.74, 6) is -1.11. The smallest absolute Gasteiger partial charge is 0.258 e. The molecule has 0 saturated carbocycles. The number of hydrazine groups is 1. The first kappa shape index (κ1) is 15.0. The predicted octanol–water partition coefficient (Wildman–Crippen LogP) is 0.00350. The number of sulfonamides is 1. The third-order valence-corrected chi connectivity index (χ3v) is 3.32. The van der Waals surface area contributed by atoms with Crippen LogP contribution in [-0.4, -0.2) is 25.7 Å². The van der Waals surface area contributed by atoms with Crippen molar-refractivity contribution in [3.63, 3.8) is 0 Å². The fourth-order valence-electron chi connectivity index (χ4n) is 1.20. The Bertz CT molecular complexity index is 592. The molecule has 0 fully saturated rings. The number of carbonyl (C=O) groups excluding carboxylic acids is 2. The quantitative estimate of drug-likeness (QED) is 0.434. The van der Waals surface area contributed by atoms with Gasteiger partial charge in [-0.3, -0.25) is 9.59 Å². The molecule has 0 radical (unpaired) electrons. The molecule has 1 aromatic carbocycles. The zero-order valence-electron chi connectivity index (χ0n) is 10.4. The molecule has 2 N–H and O–H groups in total. The van der Waals surface area contributed by atoms with Crippen LogP contribution in [0, 0.1) is 0 Å². The summed E-state index contributed by atoms with van der Waals surface area (Å²) in [6.45, 7) is 2.32. The minimum atomic E-state index is -3.80. The molecule has 1 rings (SSSR count). The lowest BCUT2D eigenvalue weighted by atomic mass is 10.2. The molecule has 0 bridgehead atoms. The fourth-order valence-corrected chi connectivity index (χ4v) is 2.00. The van der Waals surface area contributed by atoms with Gasteiger partial charge in [0.2, 0.25) is 0 Å². The highest BCUT2D eigenvalue weighted by Crippen LogP contribution is 2.05. The van der Waals surface area contributed by atoms with Crippen LogP contribution in [0.15, 0.2) is 40.3 Å². The maximum atomic E-state index is 11.7. The first-order valence-corrected chi connectivity index (χ1v) is 6.74. The van der Waals surface area contributed by atoms with Gasteiger partial charge in [0, 0.05) is 13.8 Å². The van der Waals surface area contributed by atoms with Crippen molar-refractivity contribution in [1.82, 2.24) is 10.4 Å². The molecule has 0 atom stereocenters. The highest BCUT2D eigenvalue weighted by molar-refractivity contribution is 7.89. The van der Waals surface area contributed by atoms with Crippen LogP contribution in [0.1, 0.15) is 13.8 Å². The van der Waals surface area contributed by atoms with Crippen LogP contribution >= 0.6 is 0 Å². The lowest BCUT2D eigenvalue weighted by molar-refractivity contribution is -0.114. The van der Waals surface area contributed by atoms with Crippen molar-refractivity contribution in [3.8, 4) is 0 Å². The molecular formula is C11H13N3O4S. The Balaban J connectivity index is 2.80. The number of ketones is 2. The average Bonchev–Trinajstić information content (AvgIpc) is 2.34. The van der Waals surface area contributed by atoms with Crippen LogP contribution in [0.2, 0.25) is 0 Å². The predicted molar refractivity (Wildman–Crippen MR) is 68.7 cm³/mol. The Kier molecular flexibility index (Phi) is 4.90. The van der Waals surface area contributed by atoms with Crippen LogP contribution in [0.25, 0.3) is 0 Å². The van der Waals surface area contributed by atoms with Gasteiger partial charge in [0.1, 0.15) is 0 Å². The fraction of sp³-hybridized carbons (Fsp3) is 0.182. The van der Waals surface area contributed by atoms with Crippen LogP contribution < -0.4 is 10.4 Å². The molecule has 0 aliphatic carbocycles. The Morgan fingerprint density at radius 3 is 2.05 bits per heavy atom. The van der Waals surface area contributed by atoms with Crippen LogP contribution in [0.5, 0.6) is 0 Å². The van der Waals surface area contributed by atoms with Gasteiger partial charge < -0.3 is 0 Å². The highest BCUT2D eigenvalue weighted by atomic mass is 32.2. The third-order valence-electron chi connectivity index (χ3n) is 2.07. The molecule has 102 valence electrons. The number of benzene rings is 1. The standard InChI is InChI=1S/C11H13N3O4S/c1-8(15)11(9(2)16)12-13-14-19(17,18)10-6-4-3-5-7-10/h3-7,13-14H,1-2H3. The summed E-state index contributed by atoms with van der Waals surface area (Å²) in [4.78, 5) is 24.1. The molecule has 0 heterocycles. The molecule has 0 aliphatic heterocycles. The van der Waals surface area contributed by atoms with E-state index in [4.69, 9.17) is 0 Å². The van der Waals surface area contributed by atoms with Crippen molar-refractivity contribution in [2.24, 2.45) is 5.10 Å². The monoisotopic (exact) mass is 283 g/mol. The lowest BCUT2D eigenvalue weighted by Crippen LogP contribution is -2.36. The third kappa shape index (κ3) is 4.27.